The van der Waals surface area contributed by atoms with Gasteiger partial charge in [0, 0.05) is 30.7 Å². The molecule has 8 heteroatoms. The van der Waals surface area contributed by atoms with E-state index in [9.17, 15) is 4.39 Å². The smallest absolute Gasteiger partial charge is 0.189 e. The fourth-order valence-corrected chi connectivity index (χ4v) is 3.45. The summed E-state index contributed by atoms with van der Waals surface area (Å²) < 4.78 is 18.9. The van der Waals surface area contributed by atoms with Crippen LogP contribution in [0.3, 0.4) is 0 Å². The summed E-state index contributed by atoms with van der Waals surface area (Å²) >= 11 is 7.41. The zero-order valence-electron chi connectivity index (χ0n) is 13.7. The minimum Gasteiger partial charge on any atom is -0.376 e. The third kappa shape index (κ3) is 5.81. The molecule has 0 saturated carbocycles. The number of nitrogens with one attached hydrogen (secondary N) is 2. The number of benzene rings is 1. The van der Waals surface area contributed by atoms with E-state index in [-0.39, 0.29) is 5.02 Å². The molecule has 0 amide bonds. The molecule has 1 atom stereocenters. The van der Waals surface area contributed by atoms with E-state index in [1.54, 1.807) is 30.1 Å². The third-order valence-corrected chi connectivity index (χ3v) is 4.97. The maximum Gasteiger partial charge on any atom is 0.189 e. The molecule has 1 aliphatic rings. The Balaban J connectivity index is 1.48. The lowest BCUT2D eigenvalue weighted by Gasteiger charge is -2.23. The highest BCUT2D eigenvalue weighted by atomic mass is 35.5. The number of anilines is 2. The van der Waals surface area contributed by atoms with Crippen LogP contribution in [0.4, 0.5) is 15.9 Å². The molecule has 1 saturated heterocycles. The summed E-state index contributed by atoms with van der Waals surface area (Å²) in [5.41, 5.74) is 0.683. The highest BCUT2D eigenvalue weighted by Gasteiger charge is 2.12. The van der Waals surface area contributed by atoms with Gasteiger partial charge in [0.15, 0.2) is 5.16 Å². The second kappa shape index (κ2) is 9.33. The van der Waals surface area contributed by atoms with Gasteiger partial charge in [-0.15, -0.1) is 0 Å². The van der Waals surface area contributed by atoms with Gasteiger partial charge in [0.1, 0.15) is 11.6 Å². The van der Waals surface area contributed by atoms with Crippen molar-refractivity contribution in [3.05, 3.63) is 41.3 Å². The molecule has 0 bridgehead atoms. The monoisotopic (exact) mass is 382 g/mol. The number of rotatable bonds is 7. The first kappa shape index (κ1) is 18.4. The fourth-order valence-electron chi connectivity index (χ4n) is 2.48. The summed E-state index contributed by atoms with van der Waals surface area (Å²) in [5.74, 6) is 1.15. The van der Waals surface area contributed by atoms with Crippen LogP contribution >= 0.6 is 23.4 Å². The quantitative estimate of drug-likeness (QED) is 0.430. The maximum atomic E-state index is 13.2. The van der Waals surface area contributed by atoms with Crippen molar-refractivity contribution in [3.63, 3.8) is 0 Å². The van der Waals surface area contributed by atoms with Crippen molar-refractivity contribution in [2.75, 3.05) is 30.8 Å². The van der Waals surface area contributed by atoms with E-state index in [1.165, 1.54) is 12.1 Å². The molecule has 0 aliphatic carbocycles. The molecule has 2 heterocycles. The van der Waals surface area contributed by atoms with Crippen LogP contribution in [0.2, 0.25) is 5.02 Å². The molecule has 1 aliphatic heterocycles. The maximum absolute atomic E-state index is 13.2. The Morgan fingerprint density at radius 1 is 1.40 bits per heavy atom. The summed E-state index contributed by atoms with van der Waals surface area (Å²) in [6.45, 7) is 2.67. The molecule has 1 unspecified atom stereocenters. The second-order valence-electron chi connectivity index (χ2n) is 5.67. The highest BCUT2D eigenvalue weighted by molar-refractivity contribution is 7.99. The SMILES string of the molecule is Fc1ccc(Nc2ccnc(SCCCC3CNCCO3)n2)cc1Cl. The number of morpholine rings is 1. The van der Waals surface area contributed by atoms with Gasteiger partial charge in [-0.1, -0.05) is 23.4 Å². The predicted molar refractivity (Wildman–Crippen MR) is 99.3 cm³/mol. The van der Waals surface area contributed by atoms with Crippen LogP contribution in [0.25, 0.3) is 0 Å². The average molecular weight is 383 g/mol. The normalized spacial score (nSPS) is 17.4. The van der Waals surface area contributed by atoms with Crippen molar-refractivity contribution in [1.29, 1.82) is 0 Å². The first-order chi connectivity index (χ1) is 12.2. The molecule has 0 radical (unpaired) electrons. The van der Waals surface area contributed by atoms with Crippen LogP contribution in [-0.4, -0.2) is 41.5 Å². The van der Waals surface area contributed by atoms with Crippen LogP contribution in [-0.2, 0) is 4.74 Å². The summed E-state index contributed by atoms with van der Waals surface area (Å²) in [4.78, 5) is 8.74. The van der Waals surface area contributed by atoms with Gasteiger partial charge in [0.2, 0.25) is 0 Å². The first-order valence-corrected chi connectivity index (χ1v) is 9.57. The number of hydrogen-bond donors (Lipinski definition) is 2. The lowest BCUT2D eigenvalue weighted by atomic mass is 10.2. The molecule has 5 nitrogen and oxygen atoms in total. The zero-order chi connectivity index (χ0) is 17.5. The van der Waals surface area contributed by atoms with Crippen LogP contribution in [0.5, 0.6) is 0 Å². The molecular formula is C17H20ClFN4OS. The number of halogens is 2. The van der Waals surface area contributed by atoms with Gasteiger partial charge in [0.05, 0.1) is 17.7 Å². The molecule has 1 aromatic heterocycles. The number of thioether (sulfide) groups is 1. The summed E-state index contributed by atoms with van der Waals surface area (Å²) in [6, 6.07) is 6.24. The lowest BCUT2D eigenvalue weighted by molar-refractivity contribution is 0.0234. The van der Waals surface area contributed by atoms with E-state index < -0.39 is 5.82 Å². The molecule has 0 spiro atoms. The van der Waals surface area contributed by atoms with Crippen molar-refractivity contribution >= 4 is 34.9 Å². The Morgan fingerprint density at radius 2 is 2.32 bits per heavy atom. The number of hydrogen-bond acceptors (Lipinski definition) is 6. The highest BCUT2D eigenvalue weighted by Crippen LogP contribution is 2.23. The Labute approximate surface area is 155 Å². The zero-order valence-corrected chi connectivity index (χ0v) is 15.2. The van der Waals surface area contributed by atoms with Crippen molar-refractivity contribution in [2.45, 2.75) is 24.1 Å². The minimum atomic E-state index is -0.441. The Kier molecular flexibility index (Phi) is 6.86. The van der Waals surface area contributed by atoms with Gasteiger partial charge < -0.3 is 15.4 Å². The Hall–Kier alpha value is -1.41. The Morgan fingerprint density at radius 3 is 3.12 bits per heavy atom. The number of aromatic nitrogens is 2. The molecule has 1 aromatic carbocycles. The molecule has 2 N–H and O–H groups in total. The molecule has 2 aromatic rings. The lowest BCUT2D eigenvalue weighted by Crippen LogP contribution is -2.38. The molecule has 134 valence electrons. The summed E-state index contributed by atoms with van der Waals surface area (Å²) in [5, 5.41) is 7.23. The van der Waals surface area contributed by atoms with Crippen molar-refractivity contribution < 1.29 is 9.13 Å². The van der Waals surface area contributed by atoms with Crippen LogP contribution in [0.15, 0.2) is 35.6 Å². The van der Waals surface area contributed by atoms with E-state index in [2.05, 4.69) is 20.6 Å². The van der Waals surface area contributed by atoms with Crippen molar-refractivity contribution in [3.8, 4) is 0 Å². The average Bonchev–Trinajstić information content (AvgIpc) is 2.63. The van der Waals surface area contributed by atoms with Gasteiger partial charge in [-0.05, 0) is 37.1 Å². The number of nitrogens with zero attached hydrogens (tertiary/aromatic N) is 2. The largest absolute Gasteiger partial charge is 0.376 e. The van der Waals surface area contributed by atoms with Gasteiger partial charge in [0.25, 0.3) is 0 Å². The van der Waals surface area contributed by atoms with Gasteiger partial charge in [-0.2, -0.15) is 0 Å². The van der Waals surface area contributed by atoms with Gasteiger partial charge in [-0.25, -0.2) is 14.4 Å². The van der Waals surface area contributed by atoms with E-state index in [0.717, 1.165) is 38.3 Å². The first-order valence-electron chi connectivity index (χ1n) is 8.21. The van der Waals surface area contributed by atoms with E-state index in [4.69, 9.17) is 16.3 Å². The number of ether oxygens (including phenoxy) is 1. The summed E-state index contributed by atoms with van der Waals surface area (Å²) in [6.07, 6.45) is 4.10. The van der Waals surface area contributed by atoms with E-state index in [0.29, 0.717) is 22.8 Å². The van der Waals surface area contributed by atoms with Crippen LogP contribution < -0.4 is 10.6 Å². The fraction of sp³-hybridized carbons (Fsp3) is 0.412. The Bertz CT molecular complexity index is 700. The second-order valence-corrected chi connectivity index (χ2v) is 7.14. The van der Waals surface area contributed by atoms with Crippen molar-refractivity contribution in [2.24, 2.45) is 0 Å². The molecular weight excluding hydrogens is 363 g/mol. The molecule has 25 heavy (non-hydrogen) atoms. The van der Waals surface area contributed by atoms with Crippen LogP contribution in [0.1, 0.15) is 12.8 Å². The standard InChI is InChI=1S/C17H20ClFN4OS/c18-14-10-12(3-4-15(14)19)22-16-5-6-21-17(23-16)25-9-1-2-13-11-20-7-8-24-13/h3-6,10,13,20H,1-2,7-9,11H2,(H,21,22,23). The topological polar surface area (TPSA) is 59.1 Å². The summed E-state index contributed by atoms with van der Waals surface area (Å²) in [7, 11) is 0. The van der Waals surface area contributed by atoms with Crippen molar-refractivity contribution in [1.82, 2.24) is 15.3 Å². The van der Waals surface area contributed by atoms with E-state index >= 15 is 0 Å². The minimum absolute atomic E-state index is 0.0769. The molecule has 3 rings (SSSR count). The molecule has 1 fully saturated rings. The van der Waals surface area contributed by atoms with Gasteiger partial charge in [-0.3, -0.25) is 0 Å². The van der Waals surface area contributed by atoms with Gasteiger partial charge >= 0.3 is 0 Å². The van der Waals surface area contributed by atoms with Crippen LogP contribution in [0, 0.1) is 5.82 Å². The predicted octanol–water partition coefficient (Wildman–Crippen LogP) is 3.87. The third-order valence-electron chi connectivity index (χ3n) is 3.73. The van der Waals surface area contributed by atoms with E-state index in [1.807, 2.05) is 0 Å².